The van der Waals surface area contributed by atoms with Crippen LogP contribution in [0, 0.1) is 0 Å². The summed E-state index contributed by atoms with van der Waals surface area (Å²) in [4.78, 5) is 2.58. The fourth-order valence-corrected chi connectivity index (χ4v) is 4.60. The summed E-state index contributed by atoms with van der Waals surface area (Å²) in [5.74, 6) is 1.79. The van der Waals surface area contributed by atoms with Crippen molar-refractivity contribution in [3.8, 4) is 11.5 Å². The van der Waals surface area contributed by atoms with Gasteiger partial charge >= 0.3 is 0 Å². The highest BCUT2D eigenvalue weighted by molar-refractivity contribution is 5.58. The molecule has 1 heterocycles. The molecule has 0 aromatic heterocycles. The van der Waals surface area contributed by atoms with Crippen LogP contribution in [0.3, 0.4) is 0 Å². The third-order valence-corrected chi connectivity index (χ3v) is 5.77. The highest BCUT2D eigenvalue weighted by Crippen LogP contribution is 2.49. The average Bonchev–Trinajstić information content (AvgIpc) is 3.31. The summed E-state index contributed by atoms with van der Waals surface area (Å²) >= 11 is 0. The molecule has 1 aliphatic heterocycles. The molecule has 0 unspecified atom stereocenters. The molecule has 0 N–H and O–H groups in total. The number of rotatable bonds is 6. The third kappa shape index (κ3) is 2.96. The molecule has 144 valence electrons. The fraction of sp³-hybridized carbons (Fsp3) is 0.280. The Balaban J connectivity index is 2.12. The molecule has 0 saturated carbocycles. The Morgan fingerprint density at radius 2 is 1.11 bits per heavy atom. The van der Waals surface area contributed by atoms with E-state index in [0.717, 1.165) is 35.7 Å². The van der Waals surface area contributed by atoms with Crippen molar-refractivity contribution in [3.63, 3.8) is 0 Å². The van der Waals surface area contributed by atoms with Gasteiger partial charge in [0.1, 0.15) is 17.0 Å². The molecule has 0 spiro atoms. The summed E-state index contributed by atoms with van der Waals surface area (Å²) in [6.07, 6.45) is 2.39. The molecule has 3 aromatic rings. The predicted octanol–water partition coefficient (Wildman–Crippen LogP) is 5.09. The lowest BCUT2D eigenvalue weighted by Crippen LogP contribution is -2.47. The number of likely N-dealkylation sites (tertiary alicyclic amines) is 1. The van der Waals surface area contributed by atoms with Gasteiger partial charge in [-0.2, -0.15) is 0 Å². The molecule has 0 bridgehead atoms. The minimum absolute atomic E-state index is 0.475. The van der Waals surface area contributed by atoms with Crippen molar-refractivity contribution in [1.29, 1.82) is 0 Å². The summed E-state index contributed by atoms with van der Waals surface area (Å²) in [5, 5.41) is 0. The lowest BCUT2D eigenvalue weighted by Gasteiger charge is -2.44. The number of hydrogen-bond acceptors (Lipinski definition) is 3. The SMILES string of the molecule is COc1ccccc1C(c1ccccc1)(c1ccccc1OC)N1CCCC1. The molecule has 0 amide bonds. The van der Waals surface area contributed by atoms with Crippen LogP contribution >= 0.6 is 0 Å². The standard InChI is InChI=1S/C25H27NO2/c1-27-23-16-8-6-14-21(23)25(26-18-10-11-19-26,20-12-4-3-5-13-20)22-15-7-9-17-24(22)28-2/h3-9,12-17H,10-11,18-19H2,1-2H3. The zero-order chi connectivity index (χ0) is 19.4. The van der Waals surface area contributed by atoms with Crippen LogP contribution in [0.4, 0.5) is 0 Å². The lowest BCUT2D eigenvalue weighted by molar-refractivity contribution is 0.189. The van der Waals surface area contributed by atoms with Crippen LogP contribution in [-0.2, 0) is 5.54 Å². The van der Waals surface area contributed by atoms with Gasteiger partial charge in [-0.05, 0) is 43.6 Å². The maximum absolute atomic E-state index is 5.86. The van der Waals surface area contributed by atoms with Crippen molar-refractivity contribution in [2.45, 2.75) is 18.4 Å². The van der Waals surface area contributed by atoms with Crippen LogP contribution in [0.15, 0.2) is 78.9 Å². The van der Waals surface area contributed by atoms with Crippen LogP contribution in [0.1, 0.15) is 29.5 Å². The molecule has 1 aliphatic rings. The van der Waals surface area contributed by atoms with E-state index in [9.17, 15) is 0 Å². The van der Waals surface area contributed by atoms with Crippen molar-refractivity contribution in [2.24, 2.45) is 0 Å². The maximum Gasteiger partial charge on any atom is 0.124 e. The molecule has 1 saturated heterocycles. The molecular formula is C25H27NO2. The Kier molecular flexibility index (Phi) is 5.36. The van der Waals surface area contributed by atoms with E-state index >= 15 is 0 Å². The first-order valence-corrected chi connectivity index (χ1v) is 9.90. The van der Waals surface area contributed by atoms with Gasteiger partial charge in [-0.15, -0.1) is 0 Å². The summed E-state index contributed by atoms with van der Waals surface area (Å²) < 4.78 is 11.7. The van der Waals surface area contributed by atoms with E-state index < -0.39 is 5.54 Å². The van der Waals surface area contributed by atoms with E-state index in [2.05, 4.69) is 71.6 Å². The zero-order valence-electron chi connectivity index (χ0n) is 16.6. The number of methoxy groups -OCH3 is 2. The number of nitrogens with zero attached hydrogens (tertiary/aromatic N) is 1. The Bertz CT molecular complexity index is 869. The zero-order valence-corrected chi connectivity index (χ0v) is 16.6. The van der Waals surface area contributed by atoms with Gasteiger partial charge in [0.25, 0.3) is 0 Å². The molecule has 3 nitrogen and oxygen atoms in total. The summed E-state index contributed by atoms with van der Waals surface area (Å²) in [6, 6.07) is 27.5. The Labute approximate surface area is 167 Å². The van der Waals surface area contributed by atoms with Crippen LogP contribution in [0.25, 0.3) is 0 Å². The second-order valence-corrected chi connectivity index (χ2v) is 7.17. The predicted molar refractivity (Wildman–Crippen MR) is 113 cm³/mol. The Hall–Kier alpha value is -2.78. The molecule has 3 heteroatoms. The fourth-order valence-electron chi connectivity index (χ4n) is 4.60. The molecule has 28 heavy (non-hydrogen) atoms. The molecular weight excluding hydrogens is 346 g/mol. The monoisotopic (exact) mass is 373 g/mol. The Morgan fingerprint density at radius 3 is 1.61 bits per heavy atom. The number of hydrogen-bond donors (Lipinski definition) is 0. The summed E-state index contributed by atoms with van der Waals surface area (Å²) in [5.41, 5.74) is 3.05. The average molecular weight is 373 g/mol. The minimum Gasteiger partial charge on any atom is -0.496 e. The summed E-state index contributed by atoms with van der Waals surface area (Å²) in [6.45, 7) is 2.07. The molecule has 3 aromatic carbocycles. The van der Waals surface area contributed by atoms with Gasteiger partial charge in [-0.3, -0.25) is 4.90 Å². The van der Waals surface area contributed by atoms with Crippen molar-refractivity contribution in [3.05, 3.63) is 95.6 Å². The van der Waals surface area contributed by atoms with E-state index in [4.69, 9.17) is 9.47 Å². The number of benzene rings is 3. The first-order valence-electron chi connectivity index (χ1n) is 9.90. The first kappa shape index (κ1) is 18.6. The smallest absolute Gasteiger partial charge is 0.124 e. The highest BCUT2D eigenvalue weighted by Gasteiger charge is 2.46. The van der Waals surface area contributed by atoms with E-state index in [1.165, 1.54) is 18.4 Å². The summed E-state index contributed by atoms with van der Waals surface area (Å²) in [7, 11) is 3.50. The van der Waals surface area contributed by atoms with Crippen molar-refractivity contribution < 1.29 is 9.47 Å². The Morgan fingerprint density at radius 1 is 0.643 bits per heavy atom. The van der Waals surface area contributed by atoms with Crippen molar-refractivity contribution in [2.75, 3.05) is 27.3 Å². The van der Waals surface area contributed by atoms with Gasteiger partial charge in [0.15, 0.2) is 0 Å². The van der Waals surface area contributed by atoms with Gasteiger partial charge in [0, 0.05) is 11.1 Å². The normalized spacial score (nSPS) is 14.8. The van der Waals surface area contributed by atoms with Gasteiger partial charge in [0.05, 0.1) is 14.2 Å². The number of ether oxygens (including phenoxy) is 2. The lowest BCUT2D eigenvalue weighted by atomic mass is 9.74. The maximum atomic E-state index is 5.86. The van der Waals surface area contributed by atoms with Crippen LogP contribution in [0.5, 0.6) is 11.5 Å². The molecule has 0 atom stereocenters. The topological polar surface area (TPSA) is 21.7 Å². The highest BCUT2D eigenvalue weighted by atomic mass is 16.5. The molecule has 4 rings (SSSR count). The van der Waals surface area contributed by atoms with E-state index in [0.29, 0.717) is 0 Å². The molecule has 0 radical (unpaired) electrons. The van der Waals surface area contributed by atoms with E-state index in [-0.39, 0.29) is 0 Å². The van der Waals surface area contributed by atoms with Crippen LogP contribution < -0.4 is 9.47 Å². The van der Waals surface area contributed by atoms with Gasteiger partial charge < -0.3 is 9.47 Å². The van der Waals surface area contributed by atoms with Crippen molar-refractivity contribution in [1.82, 2.24) is 4.90 Å². The largest absolute Gasteiger partial charge is 0.496 e. The first-order chi connectivity index (χ1) is 13.8. The minimum atomic E-state index is -0.475. The molecule has 0 aliphatic carbocycles. The third-order valence-electron chi connectivity index (χ3n) is 5.77. The van der Waals surface area contributed by atoms with E-state index in [1.807, 2.05) is 12.1 Å². The molecule has 1 fully saturated rings. The second kappa shape index (κ2) is 8.07. The second-order valence-electron chi connectivity index (χ2n) is 7.17. The van der Waals surface area contributed by atoms with E-state index in [1.54, 1.807) is 14.2 Å². The van der Waals surface area contributed by atoms with Crippen molar-refractivity contribution >= 4 is 0 Å². The van der Waals surface area contributed by atoms with Gasteiger partial charge in [-0.25, -0.2) is 0 Å². The van der Waals surface area contributed by atoms with Gasteiger partial charge in [0.2, 0.25) is 0 Å². The van der Waals surface area contributed by atoms with Crippen LogP contribution in [0.2, 0.25) is 0 Å². The number of para-hydroxylation sites is 2. The van der Waals surface area contributed by atoms with Crippen LogP contribution in [-0.4, -0.2) is 32.2 Å². The van der Waals surface area contributed by atoms with Gasteiger partial charge in [-0.1, -0.05) is 66.7 Å². The quantitative estimate of drug-likeness (QED) is 0.562.